The van der Waals surface area contributed by atoms with Gasteiger partial charge < -0.3 is 78.1 Å². The maximum absolute atomic E-state index is 11.6. The second-order valence-electron chi connectivity index (χ2n) is 19.9. The average molecular weight is 992 g/mol. The van der Waals surface area contributed by atoms with E-state index >= 15 is 0 Å². The second kappa shape index (κ2) is 22.5. The number of hydrogen-bond donors (Lipinski definition) is 8. The van der Waals surface area contributed by atoms with Crippen LogP contribution in [-0.4, -0.2) is 95.8 Å². The van der Waals surface area contributed by atoms with Crippen LogP contribution in [0.3, 0.4) is 0 Å². The first-order valence-electron chi connectivity index (χ1n) is 26.2. The molecule has 0 saturated carbocycles. The van der Waals surface area contributed by atoms with Crippen LogP contribution in [0.5, 0.6) is 40.2 Å². The highest BCUT2D eigenvalue weighted by atomic mass is 16.7. The molecule has 8 N–H and O–H groups in total. The van der Waals surface area contributed by atoms with Crippen LogP contribution in [0.4, 0.5) is 0 Å². The van der Waals surface area contributed by atoms with Crippen LogP contribution in [0.2, 0.25) is 0 Å². The molecular weight excluding hydrogens is 924 g/mol. The van der Waals surface area contributed by atoms with Gasteiger partial charge in [0.05, 0.1) is 16.4 Å². The van der Waals surface area contributed by atoms with Gasteiger partial charge in [0.15, 0.2) is 6.79 Å². The number of fused-ring (bicyclic) bond motifs is 2. The molecule has 0 spiro atoms. The molecule has 0 saturated heterocycles. The fourth-order valence-corrected chi connectivity index (χ4v) is 12.1. The second-order valence-corrected chi connectivity index (χ2v) is 19.9. The van der Waals surface area contributed by atoms with E-state index in [9.17, 15) is 40.2 Å². The van der Waals surface area contributed by atoms with Crippen molar-refractivity contribution in [2.24, 2.45) is 0 Å². The Labute approximate surface area is 423 Å². The minimum atomic E-state index is -2.11. The quantitative estimate of drug-likeness (QED) is 0.0457. The summed E-state index contributed by atoms with van der Waals surface area (Å²) in [5.74, 6) is -0.882. The molecule has 0 fully saturated rings. The number of hydrogen-bond acceptors (Lipinski definition) is 16. The summed E-state index contributed by atoms with van der Waals surface area (Å²) in [6, 6.07) is 9.62. The van der Waals surface area contributed by atoms with Gasteiger partial charge >= 0.3 is 28.5 Å². The summed E-state index contributed by atoms with van der Waals surface area (Å²) < 4.78 is 52.3. The lowest BCUT2D eigenvalue weighted by Gasteiger charge is -2.43. The molecule has 5 aliphatic rings. The fraction of sp³-hybridized carbons (Fsp3) is 0.538. The van der Waals surface area contributed by atoms with Crippen molar-refractivity contribution < 1.29 is 78.1 Å². The van der Waals surface area contributed by atoms with E-state index in [1.807, 2.05) is 24.3 Å². The minimum Gasteiger partial charge on any atom is -0.467 e. The van der Waals surface area contributed by atoms with Gasteiger partial charge in [-0.2, -0.15) is 0 Å². The standard InChI is InChI=1S/C52H68B4O16/c1-5-9-13-17-31-34-21-30-22-41(53(57)58)45(34)65-26-66-46-35(31)23-36-32(18-14-10-6-2)37-24-38-33(19-15-11-7-3)39-25-40-51(71-29-72-52(30,40)20-16-12-8-4)44(56(63)64)50(39)70-28-69-49(38)43(55(61)62)48(37)68-27-67-47(36)42(46)54(59)60/h21-25,31-33,57-64H,5-20,26-29H2,1-4H3. The molecule has 9 rings (SSSR count). The number of benzene rings is 4. The molecule has 4 atom stereocenters. The topological polar surface area (TPSA) is 236 Å². The van der Waals surface area contributed by atoms with Crippen molar-refractivity contribution in [2.75, 3.05) is 27.2 Å². The molecule has 0 radical (unpaired) electrons. The van der Waals surface area contributed by atoms with Crippen molar-refractivity contribution >= 4 is 50.3 Å². The van der Waals surface area contributed by atoms with Gasteiger partial charge in [-0.25, -0.2) is 0 Å². The molecule has 384 valence electrons. The Kier molecular flexibility index (Phi) is 16.3. The molecule has 4 aliphatic heterocycles. The number of rotatable bonds is 20. The third kappa shape index (κ3) is 9.45. The minimum absolute atomic E-state index is 0.0305. The summed E-state index contributed by atoms with van der Waals surface area (Å²) in [6.07, 6.45) is 11.5. The smallest absolute Gasteiger partial charge is 0.467 e. The molecule has 16 nitrogen and oxygen atoms in total. The zero-order chi connectivity index (χ0) is 50.8. The Hall–Kier alpha value is -4.62. The Morgan fingerprint density at radius 3 is 1.17 bits per heavy atom. The van der Waals surface area contributed by atoms with Gasteiger partial charge in [0.25, 0.3) is 0 Å². The summed E-state index contributed by atoms with van der Waals surface area (Å²) >= 11 is 0. The van der Waals surface area contributed by atoms with Crippen LogP contribution in [0.15, 0.2) is 30.3 Å². The van der Waals surface area contributed by atoms with Gasteiger partial charge in [-0.1, -0.05) is 104 Å². The van der Waals surface area contributed by atoms with Crippen molar-refractivity contribution in [3.63, 3.8) is 0 Å². The molecule has 4 aromatic rings. The van der Waals surface area contributed by atoms with E-state index < -0.39 is 72.2 Å². The van der Waals surface area contributed by atoms with Crippen LogP contribution < -0.4 is 55.0 Å². The maximum atomic E-state index is 11.6. The third-order valence-electron chi connectivity index (χ3n) is 15.4. The lowest BCUT2D eigenvalue weighted by Crippen LogP contribution is -2.45. The summed E-state index contributed by atoms with van der Waals surface area (Å²) in [7, 11) is -8.36. The first-order valence-corrected chi connectivity index (χ1v) is 26.2. The Morgan fingerprint density at radius 1 is 0.403 bits per heavy atom. The van der Waals surface area contributed by atoms with Crippen molar-refractivity contribution in [1.82, 2.24) is 0 Å². The van der Waals surface area contributed by atoms with Gasteiger partial charge in [0.1, 0.15) is 45.8 Å². The molecule has 0 amide bonds. The van der Waals surface area contributed by atoms with Gasteiger partial charge in [-0.15, -0.1) is 0 Å². The van der Waals surface area contributed by atoms with E-state index in [4.69, 9.17) is 37.9 Å². The van der Waals surface area contributed by atoms with E-state index in [2.05, 4.69) is 27.7 Å². The number of unbranched alkanes of at least 4 members (excludes halogenated alkanes) is 8. The molecule has 1 aliphatic carbocycles. The van der Waals surface area contributed by atoms with Crippen molar-refractivity contribution in [2.45, 2.75) is 154 Å². The fourth-order valence-electron chi connectivity index (χ4n) is 12.1. The Balaban J connectivity index is 1.52. The molecule has 4 unspecified atom stereocenters. The zero-order valence-corrected chi connectivity index (χ0v) is 41.9. The predicted octanol–water partition coefficient (Wildman–Crippen LogP) is 4.23. The molecule has 20 heteroatoms. The van der Waals surface area contributed by atoms with Crippen molar-refractivity contribution in [1.29, 1.82) is 0 Å². The van der Waals surface area contributed by atoms with E-state index in [-0.39, 0.29) is 68.9 Å². The van der Waals surface area contributed by atoms with Crippen LogP contribution >= 0.6 is 0 Å². The van der Waals surface area contributed by atoms with Crippen LogP contribution in [0.25, 0.3) is 0 Å². The highest BCUT2D eigenvalue weighted by molar-refractivity contribution is 6.62. The highest BCUT2D eigenvalue weighted by Gasteiger charge is 2.49. The van der Waals surface area contributed by atoms with Crippen LogP contribution in [0, 0.1) is 0 Å². The van der Waals surface area contributed by atoms with Crippen LogP contribution in [-0.2, 0) is 10.3 Å². The van der Waals surface area contributed by atoms with E-state index in [0.717, 1.165) is 51.4 Å². The summed E-state index contributed by atoms with van der Waals surface area (Å²) in [5.41, 5.74) is 3.01. The summed E-state index contributed by atoms with van der Waals surface area (Å²) in [4.78, 5) is 0. The lowest BCUT2D eigenvalue weighted by atomic mass is 9.66. The largest absolute Gasteiger partial charge is 0.496 e. The average Bonchev–Trinajstić information content (AvgIpc) is 3.34. The Morgan fingerprint density at radius 2 is 0.764 bits per heavy atom. The molecule has 72 heavy (non-hydrogen) atoms. The zero-order valence-electron chi connectivity index (χ0n) is 41.9. The third-order valence-corrected chi connectivity index (χ3v) is 15.4. The van der Waals surface area contributed by atoms with Gasteiger partial charge in [-0.3, -0.25) is 0 Å². The SMILES string of the molecule is CCCCCC1c2cc3cc(B(O)O)c2OCOc2c1cc1c(c2B(O)O)OCOc2c(cc4c(c2B(O)O)OCOc2c(cc5c(c2B(O)O)OCOC35CCCCC)C4CCCCC)C1CCCCC. The van der Waals surface area contributed by atoms with Crippen molar-refractivity contribution in [3.8, 4) is 40.2 Å². The molecule has 4 heterocycles. The number of ether oxygens (including phenoxy) is 8. The Bertz CT molecular complexity index is 2590. The van der Waals surface area contributed by atoms with E-state index in [1.165, 1.54) is 0 Å². The van der Waals surface area contributed by atoms with E-state index in [1.54, 1.807) is 6.07 Å². The highest BCUT2D eigenvalue weighted by Crippen LogP contribution is 2.55. The first-order chi connectivity index (χ1) is 34.9. The summed E-state index contributed by atoms with van der Waals surface area (Å²) in [6.45, 7) is 6.67. The first kappa shape index (κ1) is 52.3. The van der Waals surface area contributed by atoms with Gasteiger partial charge in [0, 0.05) is 62.2 Å². The predicted molar refractivity (Wildman–Crippen MR) is 273 cm³/mol. The van der Waals surface area contributed by atoms with Crippen molar-refractivity contribution in [3.05, 3.63) is 74.8 Å². The molecule has 4 aromatic carbocycles. The lowest BCUT2D eigenvalue weighted by molar-refractivity contribution is -0.114. The van der Waals surface area contributed by atoms with E-state index in [0.29, 0.717) is 95.9 Å². The molecule has 0 aromatic heterocycles. The summed E-state index contributed by atoms with van der Waals surface area (Å²) in [5, 5.41) is 92.4. The van der Waals surface area contributed by atoms with Gasteiger partial charge in [-0.05, 0) is 61.9 Å². The van der Waals surface area contributed by atoms with Crippen LogP contribution in [0.1, 0.15) is 193 Å². The molecule has 8 bridgehead atoms. The monoisotopic (exact) mass is 992 g/mol. The molecular formula is C52H68B4O16. The maximum Gasteiger partial charge on any atom is 0.496 e. The normalized spacial score (nSPS) is 19.9. The van der Waals surface area contributed by atoms with Gasteiger partial charge in [0.2, 0.25) is 20.4 Å².